The minimum absolute atomic E-state index is 0.165. The monoisotopic (exact) mass is 480 g/mol. The van der Waals surface area contributed by atoms with E-state index in [1.54, 1.807) is 0 Å². The van der Waals surface area contributed by atoms with Crippen LogP contribution in [-0.2, 0) is 0 Å². The maximum absolute atomic E-state index is 6.65. The second kappa shape index (κ2) is 12.4. The van der Waals surface area contributed by atoms with Crippen molar-refractivity contribution >= 4 is 11.1 Å². The molecule has 0 spiro atoms. The molecule has 0 aliphatic carbocycles. The lowest BCUT2D eigenvalue weighted by molar-refractivity contribution is 0.0294. The van der Waals surface area contributed by atoms with Crippen molar-refractivity contribution in [2.24, 2.45) is 0 Å². The van der Waals surface area contributed by atoms with Crippen molar-refractivity contribution in [3.8, 4) is 5.75 Å². The summed E-state index contributed by atoms with van der Waals surface area (Å²) < 4.78 is 6.65. The Balaban J connectivity index is 1.40. The van der Waals surface area contributed by atoms with Crippen LogP contribution in [-0.4, -0.2) is 48.8 Å². The molecule has 0 N–H and O–H groups in total. The Kier molecular flexibility index (Phi) is 8.53. The van der Waals surface area contributed by atoms with E-state index in [9.17, 15) is 0 Å². The highest BCUT2D eigenvalue weighted by Crippen LogP contribution is 2.35. The van der Waals surface area contributed by atoms with Crippen molar-refractivity contribution in [3.63, 3.8) is 0 Å². The number of ether oxygens (including phenoxy) is 1. The van der Waals surface area contributed by atoms with E-state index >= 15 is 0 Å². The van der Waals surface area contributed by atoms with Crippen molar-refractivity contribution in [2.45, 2.75) is 51.7 Å². The standard InChI is InChI=1S/C33H40N2O/c1-2-31(27-13-5-3-6-14-27)33(28-15-7-4-8-16-28)29-17-19-30(20-18-29)36-32(35-24-11-12-25-35)21-26-34-22-9-10-23-34/h3-8,13-20,32H,2,9-12,21-26H2,1H3. The van der Waals surface area contributed by atoms with Crippen molar-refractivity contribution < 1.29 is 4.74 Å². The van der Waals surface area contributed by atoms with Crippen LogP contribution < -0.4 is 4.74 Å². The molecule has 3 aromatic carbocycles. The number of allylic oxidation sites excluding steroid dienone is 1. The van der Waals surface area contributed by atoms with E-state index in [0.717, 1.165) is 38.2 Å². The molecule has 3 aromatic rings. The van der Waals surface area contributed by atoms with Gasteiger partial charge in [-0.3, -0.25) is 4.90 Å². The minimum Gasteiger partial charge on any atom is -0.475 e. The first-order valence-electron chi connectivity index (χ1n) is 13.9. The highest BCUT2D eigenvalue weighted by Gasteiger charge is 2.25. The molecule has 0 bridgehead atoms. The average Bonchev–Trinajstić information content (AvgIpc) is 3.66. The zero-order chi connectivity index (χ0) is 24.6. The quantitative estimate of drug-likeness (QED) is 0.282. The molecule has 3 nitrogen and oxygen atoms in total. The van der Waals surface area contributed by atoms with E-state index < -0.39 is 0 Å². The highest BCUT2D eigenvalue weighted by molar-refractivity contribution is 5.98. The van der Waals surface area contributed by atoms with Crippen LogP contribution >= 0.6 is 0 Å². The number of hydrogen-bond acceptors (Lipinski definition) is 3. The van der Waals surface area contributed by atoms with Crippen LogP contribution in [0.3, 0.4) is 0 Å². The Labute approximate surface area is 217 Å². The van der Waals surface area contributed by atoms with Crippen LogP contribution in [0.4, 0.5) is 0 Å². The molecule has 5 rings (SSSR count). The van der Waals surface area contributed by atoms with Crippen molar-refractivity contribution in [1.82, 2.24) is 9.80 Å². The summed E-state index contributed by atoms with van der Waals surface area (Å²) in [6.07, 6.45) is 7.47. The van der Waals surface area contributed by atoms with Gasteiger partial charge in [-0.15, -0.1) is 0 Å². The van der Waals surface area contributed by atoms with Gasteiger partial charge in [0.2, 0.25) is 0 Å². The van der Waals surface area contributed by atoms with Crippen LogP contribution in [0, 0.1) is 0 Å². The first kappa shape index (κ1) is 24.8. The van der Waals surface area contributed by atoms with Gasteiger partial charge in [-0.1, -0.05) is 79.7 Å². The Morgan fingerprint density at radius 2 is 1.25 bits per heavy atom. The lowest BCUT2D eigenvalue weighted by Gasteiger charge is -2.30. The molecule has 3 heteroatoms. The second-order valence-corrected chi connectivity index (χ2v) is 10.1. The Morgan fingerprint density at radius 1 is 0.694 bits per heavy atom. The normalized spacial score (nSPS) is 18.2. The Morgan fingerprint density at radius 3 is 1.86 bits per heavy atom. The molecule has 36 heavy (non-hydrogen) atoms. The zero-order valence-electron chi connectivity index (χ0n) is 21.7. The zero-order valence-corrected chi connectivity index (χ0v) is 21.7. The van der Waals surface area contributed by atoms with E-state index in [1.807, 2.05) is 0 Å². The molecule has 0 saturated carbocycles. The number of rotatable bonds is 10. The molecule has 1 atom stereocenters. The summed E-state index contributed by atoms with van der Waals surface area (Å²) in [5.74, 6) is 0.974. The molecule has 2 fully saturated rings. The second-order valence-electron chi connectivity index (χ2n) is 10.1. The maximum atomic E-state index is 6.65. The van der Waals surface area contributed by atoms with Crippen LogP contribution in [0.5, 0.6) is 5.75 Å². The largest absolute Gasteiger partial charge is 0.475 e. The van der Waals surface area contributed by atoms with Gasteiger partial charge in [0.05, 0.1) is 0 Å². The molecule has 2 aliphatic rings. The highest BCUT2D eigenvalue weighted by atomic mass is 16.5. The van der Waals surface area contributed by atoms with E-state index in [1.165, 1.54) is 66.6 Å². The van der Waals surface area contributed by atoms with Crippen molar-refractivity contribution in [1.29, 1.82) is 0 Å². The third-order valence-corrected chi connectivity index (χ3v) is 7.69. The molecule has 1 unspecified atom stereocenters. The van der Waals surface area contributed by atoms with Gasteiger partial charge >= 0.3 is 0 Å². The smallest absolute Gasteiger partial charge is 0.153 e. The molecule has 2 heterocycles. The van der Waals surface area contributed by atoms with Crippen molar-refractivity contribution in [3.05, 3.63) is 102 Å². The number of likely N-dealkylation sites (tertiary alicyclic amines) is 2. The van der Waals surface area contributed by atoms with Crippen LogP contribution in [0.1, 0.15) is 62.1 Å². The van der Waals surface area contributed by atoms with Crippen LogP contribution in [0.15, 0.2) is 84.9 Å². The molecule has 0 amide bonds. The van der Waals surface area contributed by atoms with Gasteiger partial charge < -0.3 is 9.64 Å². The molecule has 0 aromatic heterocycles. The average molecular weight is 481 g/mol. The van der Waals surface area contributed by atoms with E-state index in [2.05, 4.69) is 102 Å². The first-order chi connectivity index (χ1) is 17.8. The minimum atomic E-state index is 0.165. The Bertz CT molecular complexity index is 1100. The summed E-state index contributed by atoms with van der Waals surface area (Å²) in [5.41, 5.74) is 6.46. The van der Waals surface area contributed by atoms with Gasteiger partial charge in [-0.25, -0.2) is 0 Å². The summed E-state index contributed by atoms with van der Waals surface area (Å²) in [7, 11) is 0. The fourth-order valence-electron chi connectivity index (χ4n) is 5.79. The fourth-order valence-corrected chi connectivity index (χ4v) is 5.79. The SMILES string of the molecule is CCC(=C(c1ccccc1)c1ccc(OC(CCN2CCCC2)N2CCCC2)cc1)c1ccccc1. The molecule has 0 radical (unpaired) electrons. The maximum Gasteiger partial charge on any atom is 0.153 e. The van der Waals surface area contributed by atoms with Gasteiger partial charge in [0.15, 0.2) is 6.23 Å². The third kappa shape index (κ3) is 6.08. The van der Waals surface area contributed by atoms with Gasteiger partial charge in [0.1, 0.15) is 5.75 Å². The van der Waals surface area contributed by atoms with E-state index in [-0.39, 0.29) is 6.23 Å². The summed E-state index contributed by atoms with van der Waals surface area (Å²) in [6, 6.07) is 30.4. The van der Waals surface area contributed by atoms with Crippen LogP contribution in [0.2, 0.25) is 0 Å². The van der Waals surface area contributed by atoms with Gasteiger partial charge in [0, 0.05) is 26.1 Å². The summed E-state index contributed by atoms with van der Waals surface area (Å²) in [5, 5.41) is 0. The predicted molar refractivity (Wildman–Crippen MR) is 151 cm³/mol. The molecular formula is C33H40N2O. The van der Waals surface area contributed by atoms with Crippen LogP contribution in [0.25, 0.3) is 11.1 Å². The fraction of sp³-hybridized carbons (Fsp3) is 0.394. The van der Waals surface area contributed by atoms with Gasteiger partial charge in [0.25, 0.3) is 0 Å². The molecule has 188 valence electrons. The van der Waals surface area contributed by atoms with Gasteiger partial charge in [-0.05, 0) is 85.2 Å². The van der Waals surface area contributed by atoms with Gasteiger partial charge in [-0.2, -0.15) is 0 Å². The van der Waals surface area contributed by atoms with E-state index in [0.29, 0.717) is 0 Å². The summed E-state index contributed by atoms with van der Waals surface area (Å²) in [6.45, 7) is 8.19. The number of hydrogen-bond donors (Lipinski definition) is 0. The summed E-state index contributed by atoms with van der Waals surface area (Å²) in [4.78, 5) is 5.15. The Hall–Kier alpha value is -2.88. The summed E-state index contributed by atoms with van der Waals surface area (Å²) >= 11 is 0. The lowest BCUT2D eigenvalue weighted by atomic mass is 9.88. The lowest BCUT2D eigenvalue weighted by Crippen LogP contribution is -2.40. The molecule has 2 saturated heterocycles. The number of nitrogens with zero attached hydrogens (tertiary/aromatic N) is 2. The molecule has 2 aliphatic heterocycles. The van der Waals surface area contributed by atoms with E-state index in [4.69, 9.17) is 4.74 Å². The predicted octanol–water partition coefficient (Wildman–Crippen LogP) is 7.34. The third-order valence-electron chi connectivity index (χ3n) is 7.69. The molecular weight excluding hydrogens is 440 g/mol. The first-order valence-corrected chi connectivity index (χ1v) is 13.9. The number of benzene rings is 3. The topological polar surface area (TPSA) is 15.7 Å². The van der Waals surface area contributed by atoms with Crippen molar-refractivity contribution in [2.75, 3.05) is 32.7 Å².